The molecule has 0 aliphatic heterocycles. The maximum atomic E-state index is 13.7. The summed E-state index contributed by atoms with van der Waals surface area (Å²) in [5.74, 6) is 1.01. The van der Waals surface area contributed by atoms with Gasteiger partial charge in [0.2, 0.25) is 15.9 Å². The minimum absolute atomic E-state index is 0.122. The van der Waals surface area contributed by atoms with Crippen molar-refractivity contribution in [3.63, 3.8) is 0 Å². The molecular weight excluding hydrogens is 544 g/mol. The molecule has 10 heteroatoms. The zero-order valence-corrected chi connectivity index (χ0v) is 24.7. The van der Waals surface area contributed by atoms with Crippen LogP contribution in [0.4, 0.5) is 0 Å². The van der Waals surface area contributed by atoms with Gasteiger partial charge in [-0.2, -0.15) is 4.31 Å². The zero-order chi connectivity index (χ0) is 27.7. The van der Waals surface area contributed by atoms with E-state index in [4.69, 9.17) is 21.1 Å². The van der Waals surface area contributed by atoms with E-state index in [-0.39, 0.29) is 23.9 Å². The summed E-state index contributed by atoms with van der Waals surface area (Å²) in [5, 5.41) is 0.452. The normalized spacial score (nSPS) is 11.5. The molecule has 1 amide bonds. The molecule has 0 atom stereocenters. The molecule has 0 unspecified atom stereocenters. The molecule has 0 saturated carbocycles. The van der Waals surface area contributed by atoms with Crippen molar-refractivity contribution < 1.29 is 22.7 Å². The number of aryl methyl sites for hydroxylation is 1. The van der Waals surface area contributed by atoms with Crippen molar-refractivity contribution >= 4 is 38.9 Å². The molecular formula is C28H35ClN2O5S2. The van der Waals surface area contributed by atoms with Gasteiger partial charge < -0.3 is 14.4 Å². The molecule has 0 spiro atoms. The van der Waals surface area contributed by atoms with E-state index >= 15 is 0 Å². The molecule has 1 heterocycles. The van der Waals surface area contributed by atoms with Crippen molar-refractivity contribution in [2.75, 3.05) is 33.9 Å². The Morgan fingerprint density at radius 2 is 1.68 bits per heavy atom. The lowest BCUT2D eigenvalue weighted by atomic mass is 10.1. The van der Waals surface area contributed by atoms with Crippen LogP contribution in [0.15, 0.2) is 59.5 Å². The van der Waals surface area contributed by atoms with E-state index in [1.54, 1.807) is 42.6 Å². The molecule has 1 aromatic heterocycles. The third-order valence-corrected chi connectivity index (χ3v) is 9.23. The van der Waals surface area contributed by atoms with Crippen molar-refractivity contribution in [3.05, 3.63) is 74.9 Å². The molecule has 0 aliphatic carbocycles. The lowest BCUT2D eigenvalue weighted by molar-refractivity contribution is -0.132. The number of hydrogen-bond acceptors (Lipinski definition) is 6. The highest BCUT2D eigenvalue weighted by molar-refractivity contribution is 7.89. The third kappa shape index (κ3) is 7.96. The van der Waals surface area contributed by atoms with Crippen LogP contribution in [0, 0.1) is 6.92 Å². The molecule has 3 rings (SSSR count). The molecule has 0 N–H and O–H groups in total. The predicted molar refractivity (Wildman–Crippen MR) is 153 cm³/mol. The summed E-state index contributed by atoms with van der Waals surface area (Å²) in [6.07, 6.45) is 2.03. The van der Waals surface area contributed by atoms with Gasteiger partial charge in [0.1, 0.15) is 0 Å². The summed E-state index contributed by atoms with van der Waals surface area (Å²) < 4.78 is 39.0. The van der Waals surface area contributed by atoms with E-state index in [0.717, 1.165) is 21.7 Å². The maximum absolute atomic E-state index is 13.7. The molecule has 38 heavy (non-hydrogen) atoms. The van der Waals surface area contributed by atoms with Crippen LogP contribution in [-0.4, -0.2) is 57.4 Å². The number of hydrogen-bond donors (Lipinski definition) is 0. The second-order valence-electron chi connectivity index (χ2n) is 8.91. The Bertz CT molecular complexity index is 1310. The van der Waals surface area contributed by atoms with Crippen LogP contribution in [0.5, 0.6) is 11.5 Å². The van der Waals surface area contributed by atoms with Crippen molar-refractivity contribution in [1.82, 2.24) is 9.21 Å². The smallest absolute Gasteiger partial charge is 0.243 e. The first kappa shape index (κ1) is 30.0. The molecule has 0 bridgehead atoms. The number of amides is 1. The van der Waals surface area contributed by atoms with Crippen LogP contribution in [-0.2, 0) is 27.8 Å². The van der Waals surface area contributed by atoms with Crippen LogP contribution in [0.1, 0.15) is 35.1 Å². The highest BCUT2D eigenvalue weighted by atomic mass is 35.5. The Labute approximate surface area is 235 Å². The van der Waals surface area contributed by atoms with E-state index in [0.29, 0.717) is 42.5 Å². The number of nitrogens with zero attached hydrogens (tertiary/aromatic N) is 2. The Morgan fingerprint density at radius 3 is 2.29 bits per heavy atom. The number of carbonyl (C=O) groups excluding carboxylic acids is 1. The van der Waals surface area contributed by atoms with Gasteiger partial charge in [-0.25, -0.2) is 8.42 Å². The number of methoxy groups -OCH3 is 2. The average Bonchev–Trinajstić information content (AvgIpc) is 3.33. The number of carbonyl (C=O) groups is 1. The van der Waals surface area contributed by atoms with Crippen LogP contribution < -0.4 is 9.47 Å². The second kappa shape index (κ2) is 14.0. The molecule has 3 aromatic rings. The lowest BCUT2D eigenvalue weighted by Crippen LogP contribution is -2.43. The van der Waals surface area contributed by atoms with Gasteiger partial charge in [-0.05, 0) is 73.9 Å². The van der Waals surface area contributed by atoms with E-state index in [1.807, 2.05) is 44.2 Å². The number of sulfonamides is 1. The van der Waals surface area contributed by atoms with Gasteiger partial charge in [-0.3, -0.25) is 4.79 Å². The Hall–Kier alpha value is -2.59. The lowest BCUT2D eigenvalue weighted by Gasteiger charge is -2.27. The number of thiophene rings is 1. The van der Waals surface area contributed by atoms with Crippen molar-refractivity contribution in [2.45, 2.75) is 44.6 Å². The first-order valence-corrected chi connectivity index (χ1v) is 15.1. The van der Waals surface area contributed by atoms with E-state index in [9.17, 15) is 13.2 Å². The predicted octanol–water partition coefficient (Wildman–Crippen LogP) is 5.79. The molecule has 0 aliphatic rings. The first-order valence-electron chi connectivity index (χ1n) is 12.5. The standard InChI is InChI=1S/C28H35ClN2O5S2/c1-5-6-16-31(38(33,34)25-12-9-23(29)10-13-25)20-28(32)30(19-24-11-7-21(2)37-24)17-15-22-8-14-26(35-3)27(18-22)36-4/h7-14,18H,5-6,15-17,19-20H2,1-4H3. The Kier molecular flexibility index (Phi) is 11.0. The van der Waals surface area contributed by atoms with Gasteiger partial charge >= 0.3 is 0 Å². The molecule has 0 saturated heterocycles. The van der Waals surface area contributed by atoms with Gasteiger partial charge in [0.25, 0.3) is 0 Å². The van der Waals surface area contributed by atoms with Gasteiger partial charge in [0.05, 0.1) is 32.2 Å². The number of ether oxygens (including phenoxy) is 2. The van der Waals surface area contributed by atoms with E-state index in [1.165, 1.54) is 16.4 Å². The highest BCUT2D eigenvalue weighted by Gasteiger charge is 2.28. The largest absolute Gasteiger partial charge is 0.493 e. The van der Waals surface area contributed by atoms with Crippen LogP contribution in [0.25, 0.3) is 0 Å². The summed E-state index contributed by atoms with van der Waals surface area (Å²) in [5.41, 5.74) is 0.986. The second-order valence-corrected chi connectivity index (χ2v) is 12.7. The summed E-state index contributed by atoms with van der Waals surface area (Å²) in [7, 11) is -0.699. The monoisotopic (exact) mass is 578 g/mol. The van der Waals surface area contributed by atoms with Crippen molar-refractivity contribution in [2.24, 2.45) is 0 Å². The van der Waals surface area contributed by atoms with Crippen molar-refractivity contribution in [1.29, 1.82) is 0 Å². The molecule has 2 aromatic carbocycles. The SMILES string of the molecule is CCCCN(CC(=O)N(CCc1ccc(OC)c(OC)c1)Cc1ccc(C)s1)S(=O)(=O)c1ccc(Cl)cc1. The summed E-state index contributed by atoms with van der Waals surface area (Å²) in [6.45, 7) is 4.87. The minimum atomic E-state index is -3.87. The van der Waals surface area contributed by atoms with Crippen LogP contribution in [0.3, 0.4) is 0 Å². The van der Waals surface area contributed by atoms with Crippen LogP contribution in [0.2, 0.25) is 5.02 Å². The van der Waals surface area contributed by atoms with E-state index < -0.39 is 10.0 Å². The molecule has 206 valence electrons. The molecule has 0 radical (unpaired) electrons. The Morgan fingerprint density at radius 1 is 0.974 bits per heavy atom. The topological polar surface area (TPSA) is 76.2 Å². The van der Waals surface area contributed by atoms with E-state index in [2.05, 4.69) is 0 Å². The quantitative estimate of drug-likeness (QED) is 0.242. The van der Waals surface area contributed by atoms with Crippen molar-refractivity contribution in [3.8, 4) is 11.5 Å². The molecule has 7 nitrogen and oxygen atoms in total. The summed E-state index contributed by atoms with van der Waals surface area (Å²) >= 11 is 7.60. The zero-order valence-electron chi connectivity index (χ0n) is 22.3. The fraction of sp³-hybridized carbons (Fsp3) is 0.393. The number of benzene rings is 2. The van der Waals surface area contributed by atoms with Crippen LogP contribution >= 0.6 is 22.9 Å². The maximum Gasteiger partial charge on any atom is 0.243 e. The van der Waals surface area contributed by atoms with Gasteiger partial charge in [-0.1, -0.05) is 31.0 Å². The molecule has 0 fully saturated rings. The summed E-state index contributed by atoms with van der Waals surface area (Å²) in [4.78, 5) is 17.7. The number of rotatable bonds is 14. The minimum Gasteiger partial charge on any atom is -0.493 e. The van der Waals surface area contributed by atoms with Gasteiger partial charge in [0.15, 0.2) is 11.5 Å². The highest BCUT2D eigenvalue weighted by Crippen LogP contribution is 2.28. The van der Waals surface area contributed by atoms with Gasteiger partial charge in [0, 0.05) is 27.9 Å². The average molecular weight is 579 g/mol. The van der Waals surface area contributed by atoms with Gasteiger partial charge in [-0.15, -0.1) is 11.3 Å². The number of unbranched alkanes of at least 4 members (excludes halogenated alkanes) is 1. The Balaban J connectivity index is 1.84. The summed E-state index contributed by atoms with van der Waals surface area (Å²) in [6, 6.07) is 15.8. The number of halogens is 1. The fourth-order valence-corrected chi connectivity index (χ4v) is 6.44. The fourth-order valence-electron chi connectivity index (χ4n) is 3.98. The first-order chi connectivity index (χ1) is 18.2. The third-order valence-electron chi connectivity index (χ3n) is 6.14.